The Balaban J connectivity index is 1.72. The summed E-state index contributed by atoms with van der Waals surface area (Å²) in [5, 5.41) is 6.79. The first-order chi connectivity index (χ1) is 11.1. The van der Waals surface area contributed by atoms with Crippen LogP contribution in [0.3, 0.4) is 0 Å². The zero-order valence-electron chi connectivity index (χ0n) is 12.1. The second-order valence-corrected chi connectivity index (χ2v) is 5.56. The lowest BCUT2D eigenvalue weighted by molar-refractivity contribution is 0.425. The quantitative estimate of drug-likeness (QED) is 0.740. The summed E-state index contributed by atoms with van der Waals surface area (Å²) in [6.45, 7) is 1.77. The van der Waals surface area contributed by atoms with E-state index in [2.05, 4.69) is 25.4 Å². The van der Waals surface area contributed by atoms with Crippen LogP contribution in [0.1, 0.15) is 17.0 Å². The number of hydrogen-bond acceptors (Lipinski definition) is 6. The molecule has 1 aliphatic carbocycles. The Bertz CT molecular complexity index is 911. The third-order valence-corrected chi connectivity index (χ3v) is 3.96. The third kappa shape index (κ3) is 2.43. The highest BCUT2D eigenvalue weighted by Crippen LogP contribution is 2.38. The van der Waals surface area contributed by atoms with Crippen LogP contribution >= 0.6 is 11.6 Å². The molecule has 0 atom stereocenters. The molecule has 1 aromatic carbocycles. The lowest BCUT2D eigenvalue weighted by Crippen LogP contribution is -2.14. The number of nitrogens with one attached hydrogen (secondary N) is 1. The molecular formula is C15H11ClFN5O. The maximum absolute atomic E-state index is 13.8. The summed E-state index contributed by atoms with van der Waals surface area (Å²) in [5.74, 6) is 0.591. The van der Waals surface area contributed by atoms with E-state index in [-0.39, 0.29) is 11.1 Å². The van der Waals surface area contributed by atoms with Gasteiger partial charge in [-0.05, 0) is 54.6 Å². The van der Waals surface area contributed by atoms with Crippen molar-refractivity contribution in [3.63, 3.8) is 0 Å². The van der Waals surface area contributed by atoms with Gasteiger partial charge >= 0.3 is 0 Å². The van der Waals surface area contributed by atoms with Gasteiger partial charge in [-0.2, -0.15) is 9.97 Å². The SMILES string of the molecule is Cc1noc(-c2ccc(Nc3nc(Cl)ncc3F)c3c2CC3)n1. The van der Waals surface area contributed by atoms with E-state index < -0.39 is 5.82 Å². The monoisotopic (exact) mass is 331 g/mol. The van der Waals surface area contributed by atoms with Crippen LogP contribution in [0.5, 0.6) is 0 Å². The number of halogens is 2. The lowest BCUT2D eigenvalue weighted by Gasteiger charge is -2.25. The van der Waals surface area contributed by atoms with E-state index >= 15 is 0 Å². The van der Waals surface area contributed by atoms with Crippen LogP contribution in [-0.4, -0.2) is 20.1 Å². The fourth-order valence-electron chi connectivity index (χ4n) is 2.62. The molecule has 0 fully saturated rings. The lowest BCUT2D eigenvalue weighted by atomic mass is 9.83. The smallest absolute Gasteiger partial charge is 0.258 e. The molecule has 23 heavy (non-hydrogen) atoms. The van der Waals surface area contributed by atoms with Gasteiger partial charge in [0, 0.05) is 11.3 Å². The Kier molecular flexibility index (Phi) is 3.23. The number of rotatable bonds is 3. The van der Waals surface area contributed by atoms with Crippen molar-refractivity contribution in [2.24, 2.45) is 0 Å². The van der Waals surface area contributed by atoms with Crippen molar-refractivity contribution < 1.29 is 8.91 Å². The van der Waals surface area contributed by atoms with E-state index in [1.54, 1.807) is 6.92 Å². The average Bonchev–Trinajstić information content (AvgIpc) is 2.91. The Morgan fingerprint density at radius 2 is 2.04 bits per heavy atom. The largest absolute Gasteiger partial charge is 0.337 e. The third-order valence-electron chi connectivity index (χ3n) is 3.78. The first kappa shape index (κ1) is 14.1. The van der Waals surface area contributed by atoms with E-state index in [0.717, 1.165) is 41.4 Å². The van der Waals surface area contributed by atoms with Crippen LogP contribution in [0, 0.1) is 12.7 Å². The summed E-state index contributed by atoms with van der Waals surface area (Å²) in [7, 11) is 0. The molecular weight excluding hydrogens is 321 g/mol. The van der Waals surface area contributed by atoms with Crippen molar-refractivity contribution >= 4 is 23.1 Å². The molecule has 0 unspecified atom stereocenters. The molecule has 0 spiro atoms. The first-order valence-electron chi connectivity index (χ1n) is 7.02. The van der Waals surface area contributed by atoms with Crippen LogP contribution in [0.2, 0.25) is 5.28 Å². The van der Waals surface area contributed by atoms with E-state index in [0.29, 0.717) is 11.7 Å². The number of nitrogens with zero attached hydrogens (tertiary/aromatic N) is 4. The molecule has 0 saturated carbocycles. The van der Waals surface area contributed by atoms with E-state index in [4.69, 9.17) is 16.1 Å². The second kappa shape index (κ2) is 5.27. The van der Waals surface area contributed by atoms with Gasteiger partial charge in [0.2, 0.25) is 5.28 Å². The highest BCUT2D eigenvalue weighted by molar-refractivity contribution is 6.28. The molecule has 2 aromatic heterocycles. The van der Waals surface area contributed by atoms with Gasteiger partial charge in [-0.3, -0.25) is 0 Å². The maximum Gasteiger partial charge on any atom is 0.258 e. The molecule has 4 rings (SSSR count). The maximum atomic E-state index is 13.8. The van der Waals surface area contributed by atoms with Crippen LogP contribution in [0.25, 0.3) is 11.5 Å². The number of benzene rings is 1. The highest BCUT2D eigenvalue weighted by atomic mass is 35.5. The van der Waals surface area contributed by atoms with Gasteiger partial charge in [0.05, 0.1) is 6.20 Å². The molecule has 0 bridgehead atoms. The molecule has 0 amide bonds. The van der Waals surface area contributed by atoms with Crippen LogP contribution in [0.15, 0.2) is 22.9 Å². The minimum absolute atomic E-state index is 0.00862. The number of fused-ring (bicyclic) bond motifs is 1. The molecule has 1 N–H and O–H groups in total. The Morgan fingerprint density at radius 1 is 1.22 bits per heavy atom. The Morgan fingerprint density at radius 3 is 2.74 bits per heavy atom. The van der Waals surface area contributed by atoms with Crippen LogP contribution in [0.4, 0.5) is 15.9 Å². The van der Waals surface area contributed by atoms with Crippen molar-refractivity contribution in [1.82, 2.24) is 20.1 Å². The summed E-state index contributed by atoms with van der Waals surface area (Å²) >= 11 is 5.72. The van der Waals surface area contributed by atoms with Crippen LogP contribution < -0.4 is 5.32 Å². The summed E-state index contributed by atoms with van der Waals surface area (Å²) in [4.78, 5) is 11.7. The molecule has 8 heteroatoms. The summed E-state index contributed by atoms with van der Waals surface area (Å²) in [6, 6.07) is 3.73. The van der Waals surface area contributed by atoms with Crippen LogP contribution in [-0.2, 0) is 12.8 Å². The van der Waals surface area contributed by atoms with Gasteiger partial charge in [0.25, 0.3) is 5.89 Å². The summed E-state index contributed by atoms with van der Waals surface area (Å²) in [5.41, 5.74) is 3.92. The fourth-order valence-corrected chi connectivity index (χ4v) is 2.76. The molecule has 0 radical (unpaired) electrons. The Labute approximate surface area is 135 Å². The molecule has 0 aliphatic heterocycles. The molecule has 6 nitrogen and oxygen atoms in total. The van der Waals surface area contributed by atoms with Gasteiger partial charge in [-0.15, -0.1) is 0 Å². The van der Waals surface area contributed by atoms with Crippen molar-refractivity contribution in [3.8, 4) is 11.5 Å². The van der Waals surface area contributed by atoms with E-state index in [1.165, 1.54) is 0 Å². The minimum Gasteiger partial charge on any atom is -0.337 e. The average molecular weight is 332 g/mol. The van der Waals surface area contributed by atoms with Crippen molar-refractivity contribution in [1.29, 1.82) is 0 Å². The van der Waals surface area contributed by atoms with E-state index in [9.17, 15) is 4.39 Å². The van der Waals surface area contributed by atoms with Gasteiger partial charge in [-0.25, -0.2) is 9.37 Å². The van der Waals surface area contributed by atoms with Gasteiger partial charge in [-0.1, -0.05) is 5.16 Å². The normalized spacial score (nSPS) is 12.7. The zero-order chi connectivity index (χ0) is 16.0. The molecule has 1 aliphatic rings. The topological polar surface area (TPSA) is 76.7 Å². The van der Waals surface area contributed by atoms with Crippen molar-refractivity contribution in [3.05, 3.63) is 46.4 Å². The fraction of sp³-hybridized carbons (Fsp3) is 0.200. The summed E-state index contributed by atoms with van der Waals surface area (Å²) in [6.07, 6.45) is 2.84. The minimum atomic E-state index is -0.556. The molecule has 0 saturated heterocycles. The number of aromatic nitrogens is 4. The zero-order valence-corrected chi connectivity index (χ0v) is 12.9. The first-order valence-corrected chi connectivity index (χ1v) is 7.40. The Hall–Kier alpha value is -2.54. The predicted octanol–water partition coefficient (Wildman–Crippen LogP) is 3.47. The van der Waals surface area contributed by atoms with Gasteiger partial charge < -0.3 is 9.84 Å². The second-order valence-electron chi connectivity index (χ2n) is 5.23. The highest BCUT2D eigenvalue weighted by Gasteiger charge is 2.24. The molecule has 2 heterocycles. The summed E-state index contributed by atoms with van der Waals surface area (Å²) < 4.78 is 19.0. The number of hydrogen-bond donors (Lipinski definition) is 1. The number of anilines is 2. The van der Waals surface area contributed by atoms with Gasteiger partial charge in [0.1, 0.15) is 0 Å². The number of aryl methyl sites for hydroxylation is 1. The van der Waals surface area contributed by atoms with Crippen molar-refractivity contribution in [2.75, 3.05) is 5.32 Å². The standard InChI is InChI=1S/C15H11ClFN5O/c1-7-19-14(23-22-7)10-4-5-12(9-3-2-8(9)10)20-13-11(17)6-18-15(16)21-13/h4-6H,2-3H2,1H3,(H,18,20,21). The predicted molar refractivity (Wildman–Crippen MR) is 82.2 cm³/mol. The van der Waals surface area contributed by atoms with Crippen molar-refractivity contribution in [2.45, 2.75) is 19.8 Å². The molecule has 3 aromatic rings. The molecule has 116 valence electrons. The van der Waals surface area contributed by atoms with E-state index in [1.807, 2.05) is 12.1 Å². The van der Waals surface area contributed by atoms with Gasteiger partial charge in [0.15, 0.2) is 17.5 Å².